The van der Waals surface area contributed by atoms with Gasteiger partial charge in [-0.1, -0.05) is 32.1 Å². The number of benzene rings is 2. The lowest BCUT2D eigenvalue weighted by atomic mass is 9.99. The van der Waals surface area contributed by atoms with Gasteiger partial charge in [-0.15, -0.1) is 0 Å². The third kappa shape index (κ3) is 4.87. The van der Waals surface area contributed by atoms with Crippen molar-refractivity contribution in [2.24, 2.45) is 5.92 Å². The normalized spacial score (nSPS) is 19.4. The first kappa shape index (κ1) is 24.4. The fraction of sp³-hybridized carbons (Fsp3) is 0.400. The van der Waals surface area contributed by atoms with Crippen molar-refractivity contribution in [2.45, 2.75) is 32.6 Å². The van der Waals surface area contributed by atoms with Crippen LogP contribution >= 0.6 is 0 Å². The van der Waals surface area contributed by atoms with Crippen molar-refractivity contribution in [1.29, 1.82) is 0 Å². The number of carboxylic acid groups (broad SMARTS) is 1. The number of fused-ring (bicyclic) bond motifs is 3. The molecule has 3 atom stereocenters. The van der Waals surface area contributed by atoms with E-state index in [0.717, 1.165) is 42.0 Å². The Morgan fingerprint density at radius 2 is 2.00 bits per heavy atom. The molecule has 0 amide bonds. The lowest BCUT2D eigenvalue weighted by molar-refractivity contribution is 0.0692. The van der Waals surface area contributed by atoms with Crippen molar-refractivity contribution in [3.8, 4) is 5.75 Å². The van der Waals surface area contributed by atoms with E-state index in [4.69, 9.17) is 4.74 Å². The van der Waals surface area contributed by atoms with E-state index in [1.807, 2.05) is 6.08 Å². The van der Waals surface area contributed by atoms with Gasteiger partial charge in [-0.3, -0.25) is 8.51 Å². The Morgan fingerprint density at radius 1 is 1.26 bits per heavy atom. The van der Waals surface area contributed by atoms with Crippen LogP contribution < -0.4 is 9.04 Å². The largest absolute Gasteiger partial charge is 0.755 e. The molecule has 2 aliphatic rings. The fourth-order valence-electron chi connectivity index (χ4n) is 4.56. The molecule has 7 nitrogen and oxygen atoms in total. The maximum Gasteiger partial charge on any atom is 0.341 e. The smallest absolute Gasteiger partial charge is 0.341 e. The Kier molecular flexibility index (Phi) is 7.35. The third-order valence-electron chi connectivity index (χ3n) is 6.52. The van der Waals surface area contributed by atoms with Crippen molar-refractivity contribution in [2.75, 3.05) is 30.5 Å². The molecule has 1 saturated carbocycles. The van der Waals surface area contributed by atoms with Crippen molar-refractivity contribution in [3.05, 3.63) is 58.9 Å². The first-order valence-electron chi connectivity index (χ1n) is 11.5. The minimum Gasteiger partial charge on any atom is -0.755 e. The summed E-state index contributed by atoms with van der Waals surface area (Å²) in [6.07, 6.45) is 5.17. The number of carboxylic acids is 1. The molecule has 0 saturated heterocycles. The van der Waals surface area contributed by atoms with Gasteiger partial charge in [0.05, 0.1) is 29.2 Å². The summed E-state index contributed by atoms with van der Waals surface area (Å²) in [5.41, 5.74) is 1.05. The second kappa shape index (κ2) is 10.2. The first-order chi connectivity index (χ1) is 16.3. The van der Waals surface area contributed by atoms with Gasteiger partial charge in [-0.2, -0.15) is 0 Å². The topological polar surface area (TPSA) is 93.1 Å². The predicted molar refractivity (Wildman–Crippen MR) is 129 cm³/mol. The number of aromatic carboxylic acids is 1. The van der Waals surface area contributed by atoms with Gasteiger partial charge in [0, 0.05) is 18.0 Å². The number of rotatable bonds is 10. The Hall–Kier alpha value is -2.75. The van der Waals surface area contributed by atoms with Gasteiger partial charge in [0.2, 0.25) is 0 Å². The molecule has 0 radical (unpaired) electrons. The molecule has 0 bridgehead atoms. The van der Waals surface area contributed by atoms with Crippen LogP contribution in [0.5, 0.6) is 5.75 Å². The molecule has 2 aromatic carbocycles. The van der Waals surface area contributed by atoms with E-state index in [2.05, 4.69) is 18.7 Å². The Morgan fingerprint density at radius 3 is 2.68 bits per heavy atom. The molecular formula is C25H28FN2O5S-. The lowest BCUT2D eigenvalue weighted by Gasteiger charge is -2.31. The van der Waals surface area contributed by atoms with E-state index < -0.39 is 23.1 Å². The standard InChI is InChI=1S/C25H29FN2O5S/c1-3-27(4-2)12-6-5-7-16-13-18(26)8-10-21(16)28(34(31)32)22-11-9-19-20-14-17(20)15-33-24(19)23(22)25(29)30/h5,7-11,13,17,20H,3-4,6,12,14-15H2,1-2H3,(H,29,30)(H,31,32)/p-1. The summed E-state index contributed by atoms with van der Waals surface area (Å²) in [7, 11) is 0. The molecule has 0 aromatic heterocycles. The third-order valence-corrected chi connectivity index (χ3v) is 7.22. The fourth-order valence-corrected chi connectivity index (χ4v) is 5.20. The monoisotopic (exact) mass is 487 g/mol. The molecule has 1 aliphatic carbocycles. The molecular weight excluding hydrogens is 459 g/mol. The number of ether oxygens (including phenoxy) is 1. The van der Waals surface area contributed by atoms with Crippen LogP contribution in [-0.4, -0.2) is 51.0 Å². The van der Waals surface area contributed by atoms with Crippen LogP contribution in [0.25, 0.3) is 6.08 Å². The SMILES string of the molecule is CCN(CC)CCC=Cc1cc(F)ccc1N(c1ccc2c(c1C(=O)O)OCC1CC21)S(=O)[O-]. The van der Waals surface area contributed by atoms with Gasteiger partial charge in [0.15, 0.2) is 0 Å². The molecule has 3 unspecified atom stereocenters. The van der Waals surface area contributed by atoms with Gasteiger partial charge in [0.25, 0.3) is 0 Å². The molecule has 1 heterocycles. The minimum absolute atomic E-state index is 0.0388. The van der Waals surface area contributed by atoms with Gasteiger partial charge in [-0.25, -0.2) is 9.18 Å². The van der Waals surface area contributed by atoms with Crippen molar-refractivity contribution >= 4 is 34.7 Å². The molecule has 182 valence electrons. The molecule has 4 rings (SSSR count). The summed E-state index contributed by atoms with van der Waals surface area (Å²) < 4.78 is 45.6. The van der Waals surface area contributed by atoms with Crippen LogP contribution in [0.15, 0.2) is 36.4 Å². The van der Waals surface area contributed by atoms with E-state index >= 15 is 0 Å². The average Bonchev–Trinajstić information content (AvgIpc) is 3.60. The summed E-state index contributed by atoms with van der Waals surface area (Å²) >= 11 is -2.87. The van der Waals surface area contributed by atoms with Crippen molar-refractivity contribution in [3.63, 3.8) is 0 Å². The zero-order valence-corrected chi connectivity index (χ0v) is 20.0. The average molecular weight is 488 g/mol. The first-order valence-corrected chi connectivity index (χ1v) is 12.5. The molecule has 9 heteroatoms. The molecule has 1 N–H and O–H groups in total. The zero-order valence-electron chi connectivity index (χ0n) is 19.2. The molecule has 1 fully saturated rings. The summed E-state index contributed by atoms with van der Waals surface area (Å²) in [5, 5.41) is 10.00. The van der Waals surface area contributed by atoms with Crippen LogP contribution in [0.3, 0.4) is 0 Å². The number of halogens is 1. The number of hydrogen-bond donors (Lipinski definition) is 1. The number of anilines is 2. The number of carbonyl (C=O) groups is 1. The van der Waals surface area contributed by atoms with Crippen LogP contribution in [0.1, 0.15) is 54.1 Å². The highest BCUT2D eigenvalue weighted by Crippen LogP contribution is 2.56. The van der Waals surface area contributed by atoms with Crippen LogP contribution in [0.2, 0.25) is 0 Å². The summed E-state index contributed by atoms with van der Waals surface area (Å²) in [6, 6.07) is 6.99. The maximum atomic E-state index is 14.1. The van der Waals surface area contributed by atoms with Crippen LogP contribution in [-0.2, 0) is 11.3 Å². The summed E-state index contributed by atoms with van der Waals surface area (Å²) in [5.74, 6) is -0.944. The van der Waals surface area contributed by atoms with Gasteiger partial charge in [-0.05, 0) is 61.7 Å². The molecule has 1 aliphatic heterocycles. The Labute approximate surface area is 201 Å². The van der Waals surface area contributed by atoms with E-state index in [1.165, 1.54) is 18.2 Å². The molecule has 34 heavy (non-hydrogen) atoms. The predicted octanol–water partition coefficient (Wildman–Crippen LogP) is 4.70. The van der Waals surface area contributed by atoms with E-state index in [9.17, 15) is 23.1 Å². The Bertz CT molecular complexity index is 1130. The highest BCUT2D eigenvalue weighted by Gasteiger charge is 2.45. The number of nitrogens with zero attached hydrogens (tertiary/aromatic N) is 2. The zero-order chi connectivity index (χ0) is 24.4. The van der Waals surface area contributed by atoms with Gasteiger partial charge >= 0.3 is 5.97 Å². The summed E-state index contributed by atoms with van der Waals surface area (Å²) in [6.45, 7) is 7.21. The van der Waals surface area contributed by atoms with Crippen LogP contribution in [0.4, 0.5) is 15.8 Å². The van der Waals surface area contributed by atoms with E-state index in [0.29, 0.717) is 24.5 Å². The molecule has 0 spiro atoms. The number of hydrogen-bond acceptors (Lipinski definition) is 5. The molecule has 2 aromatic rings. The van der Waals surface area contributed by atoms with E-state index in [1.54, 1.807) is 12.1 Å². The Balaban J connectivity index is 1.74. The quantitative estimate of drug-likeness (QED) is 0.489. The second-order valence-electron chi connectivity index (χ2n) is 8.53. The van der Waals surface area contributed by atoms with Crippen molar-refractivity contribution in [1.82, 2.24) is 4.90 Å². The minimum atomic E-state index is -2.87. The highest BCUT2D eigenvalue weighted by molar-refractivity contribution is 7.81. The van der Waals surface area contributed by atoms with Gasteiger partial charge < -0.3 is 19.3 Å². The van der Waals surface area contributed by atoms with Gasteiger partial charge in [0.1, 0.15) is 17.1 Å². The summed E-state index contributed by atoms with van der Waals surface area (Å²) in [4.78, 5) is 14.5. The maximum absolute atomic E-state index is 14.1. The van der Waals surface area contributed by atoms with Crippen molar-refractivity contribution < 1.29 is 27.8 Å². The highest BCUT2D eigenvalue weighted by atomic mass is 32.2. The second-order valence-corrected chi connectivity index (χ2v) is 9.33. The van der Waals surface area contributed by atoms with Crippen LogP contribution in [0, 0.1) is 11.7 Å². The lowest BCUT2D eigenvalue weighted by Crippen LogP contribution is -2.24. The van der Waals surface area contributed by atoms with E-state index in [-0.39, 0.29) is 28.6 Å².